The Balaban J connectivity index is 2.09. The molecule has 3 nitrogen and oxygen atoms in total. The number of hydrogen-bond acceptors (Lipinski definition) is 3. The van der Waals surface area contributed by atoms with Gasteiger partial charge in [-0.25, -0.2) is 0 Å². The van der Waals surface area contributed by atoms with Gasteiger partial charge in [0.15, 0.2) is 5.17 Å². The molecule has 1 heterocycles. The molecule has 17 heavy (non-hydrogen) atoms. The number of halogens is 1. The van der Waals surface area contributed by atoms with Gasteiger partial charge in [0.25, 0.3) is 0 Å². The smallest absolute Gasteiger partial charge is 0.158 e. The third-order valence-corrected chi connectivity index (χ3v) is 2.34. The van der Waals surface area contributed by atoms with E-state index in [0.29, 0.717) is 5.17 Å². The largest absolute Gasteiger partial charge is 0.264 e. The first-order chi connectivity index (χ1) is 8.36. The first-order valence-electron chi connectivity index (χ1n) is 5.08. The Bertz CT molecular complexity index is 521. The van der Waals surface area contributed by atoms with Crippen LogP contribution in [-0.2, 0) is 0 Å². The van der Waals surface area contributed by atoms with E-state index >= 15 is 0 Å². The minimum Gasteiger partial charge on any atom is -0.264 e. The fourth-order valence-electron chi connectivity index (χ4n) is 1.23. The molecule has 84 valence electrons. The molecule has 0 amide bonds. The molecule has 0 N–H and O–H groups in total. The predicted molar refractivity (Wildman–Crippen MR) is 70.7 cm³/mol. The fraction of sp³-hybridized carbons (Fsp3) is 0. The second-order valence-corrected chi connectivity index (χ2v) is 3.65. The van der Waals surface area contributed by atoms with E-state index in [0.717, 1.165) is 11.1 Å². The average Bonchev–Trinajstić information content (AvgIpc) is 2.41. The van der Waals surface area contributed by atoms with Crippen LogP contribution in [0.1, 0.15) is 11.1 Å². The van der Waals surface area contributed by atoms with Crippen LogP contribution in [0.25, 0.3) is 0 Å². The number of pyridine rings is 1. The van der Waals surface area contributed by atoms with Crippen molar-refractivity contribution in [3.63, 3.8) is 0 Å². The summed E-state index contributed by atoms with van der Waals surface area (Å²) in [5.74, 6) is 0. The van der Waals surface area contributed by atoms with Crippen LogP contribution in [0.2, 0.25) is 0 Å². The van der Waals surface area contributed by atoms with Crippen LogP contribution >= 0.6 is 11.6 Å². The highest BCUT2D eigenvalue weighted by molar-refractivity contribution is 6.69. The van der Waals surface area contributed by atoms with Gasteiger partial charge in [0, 0.05) is 23.5 Å². The second kappa shape index (κ2) is 5.92. The lowest BCUT2D eigenvalue weighted by Crippen LogP contribution is -1.89. The lowest BCUT2D eigenvalue weighted by molar-refractivity contribution is 1.25. The van der Waals surface area contributed by atoms with Crippen molar-refractivity contribution >= 4 is 23.0 Å². The standard InChI is InChI=1S/C13H10ClN3/c14-13(12-6-2-1-3-7-12)17-16-10-11-5-4-8-15-9-11/h1-10H/b16-10+,17-13+. The summed E-state index contributed by atoms with van der Waals surface area (Å²) >= 11 is 5.99. The van der Waals surface area contributed by atoms with Gasteiger partial charge in [-0.05, 0) is 6.07 Å². The SMILES string of the molecule is Cl/C(=N/N=C/c1cccnc1)c1ccccc1. The summed E-state index contributed by atoms with van der Waals surface area (Å²) in [6.07, 6.45) is 5.02. The molecule has 0 fully saturated rings. The Morgan fingerprint density at radius 2 is 1.94 bits per heavy atom. The molecule has 4 heteroatoms. The molecule has 0 radical (unpaired) electrons. The molecular weight excluding hydrogens is 234 g/mol. The first-order valence-corrected chi connectivity index (χ1v) is 5.46. The molecule has 0 saturated carbocycles. The van der Waals surface area contributed by atoms with Crippen LogP contribution in [0.4, 0.5) is 0 Å². The average molecular weight is 244 g/mol. The Hall–Kier alpha value is -2.00. The Morgan fingerprint density at radius 1 is 1.12 bits per heavy atom. The zero-order valence-electron chi connectivity index (χ0n) is 8.99. The fourth-order valence-corrected chi connectivity index (χ4v) is 1.40. The van der Waals surface area contributed by atoms with Crippen LogP contribution in [0.3, 0.4) is 0 Å². The van der Waals surface area contributed by atoms with Crippen molar-refractivity contribution in [2.24, 2.45) is 10.2 Å². The maximum Gasteiger partial charge on any atom is 0.158 e. The normalized spacial score (nSPS) is 11.9. The van der Waals surface area contributed by atoms with Crippen molar-refractivity contribution in [1.29, 1.82) is 0 Å². The molecule has 0 spiro atoms. The Kier molecular flexibility index (Phi) is 4.00. The third-order valence-electron chi connectivity index (χ3n) is 2.05. The molecule has 0 aliphatic carbocycles. The zero-order chi connectivity index (χ0) is 11.9. The van der Waals surface area contributed by atoms with Crippen LogP contribution in [0, 0.1) is 0 Å². The highest BCUT2D eigenvalue weighted by Crippen LogP contribution is 2.04. The molecular formula is C13H10ClN3. The van der Waals surface area contributed by atoms with E-state index in [9.17, 15) is 0 Å². The van der Waals surface area contributed by atoms with Crippen molar-refractivity contribution in [3.05, 3.63) is 66.0 Å². The van der Waals surface area contributed by atoms with E-state index in [-0.39, 0.29) is 0 Å². The molecule has 0 bridgehead atoms. The monoisotopic (exact) mass is 243 g/mol. The van der Waals surface area contributed by atoms with Gasteiger partial charge >= 0.3 is 0 Å². The number of hydrogen-bond donors (Lipinski definition) is 0. The van der Waals surface area contributed by atoms with Crippen molar-refractivity contribution in [3.8, 4) is 0 Å². The maximum absolute atomic E-state index is 5.99. The summed E-state index contributed by atoms with van der Waals surface area (Å²) in [5.41, 5.74) is 1.73. The van der Waals surface area contributed by atoms with Crippen molar-refractivity contribution in [2.45, 2.75) is 0 Å². The van der Waals surface area contributed by atoms with E-state index in [4.69, 9.17) is 11.6 Å². The van der Waals surface area contributed by atoms with Gasteiger partial charge in [-0.1, -0.05) is 48.0 Å². The quantitative estimate of drug-likeness (QED) is 0.603. The van der Waals surface area contributed by atoms with Crippen molar-refractivity contribution in [1.82, 2.24) is 4.98 Å². The van der Waals surface area contributed by atoms with E-state index in [2.05, 4.69) is 15.2 Å². The van der Waals surface area contributed by atoms with Crippen LogP contribution in [0.5, 0.6) is 0 Å². The van der Waals surface area contributed by atoms with Crippen molar-refractivity contribution in [2.75, 3.05) is 0 Å². The van der Waals surface area contributed by atoms with Gasteiger partial charge in [0.1, 0.15) is 0 Å². The van der Waals surface area contributed by atoms with Gasteiger partial charge in [0.2, 0.25) is 0 Å². The summed E-state index contributed by atoms with van der Waals surface area (Å²) in [4.78, 5) is 3.97. The molecule has 1 aromatic carbocycles. The van der Waals surface area contributed by atoms with Gasteiger partial charge in [0.05, 0.1) is 6.21 Å². The van der Waals surface area contributed by atoms with Gasteiger partial charge in [-0.3, -0.25) is 4.98 Å². The molecule has 2 aromatic rings. The van der Waals surface area contributed by atoms with E-state index < -0.39 is 0 Å². The molecule has 0 aliphatic rings. The third kappa shape index (κ3) is 3.50. The Labute approximate surface area is 105 Å². The zero-order valence-corrected chi connectivity index (χ0v) is 9.75. The van der Waals surface area contributed by atoms with E-state index in [1.807, 2.05) is 42.5 Å². The molecule has 0 aliphatic heterocycles. The summed E-state index contributed by atoms with van der Waals surface area (Å²) in [6.45, 7) is 0. The van der Waals surface area contributed by atoms with E-state index in [1.54, 1.807) is 18.6 Å². The van der Waals surface area contributed by atoms with Crippen LogP contribution < -0.4 is 0 Å². The van der Waals surface area contributed by atoms with Crippen LogP contribution in [0.15, 0.2) is 65.1 Å². The topological polar surface area (TPSA) is 37.6 Å². The lowest BCUT2D eigenvalue weighted by atomic mass is 10.2. The minimum absolute atomic E-state index is 0.366. The molecule has 0 atom stereocenters. The second-order valence-electron chi connectivity index (χ2n) is 3.29. The Morgan fingerprint density at radius 3 is 2.65 bits per heavy atom. The van der Waals surface area contributed by atoms with Gasteiger partial charge in [-0.2, -0.15) is 5.10 Å². The molecule has 0 unspecified atom stereocenters. The number of benzene rings is 1. The predicted octanol–water partition coefficient (Wildman–Crippen LogP) is 3.10. The number of aromatic nitrogens is 1. The first kappa shape index (κ1) is 11.5. The summed E-state index contributed by atoms with van der Waals surface area (Å²) in [5, 5.41) is 8.19. The van der Waals surface area contributed by atoms with E-state index in [1.165, 1.54) is 0 Å². The number of rotatable bonds is 3. The molecule has 1 aromatic heterocycles. The summed E-state index contributed by atoms with van der Waals surface area (Å²) in [7, 11) is 0. The molecule has 2 rings (SSSR count). The van der Waals surface area contributed by atoms with Crippen molar-refractivity contribution < 1.29 is 0 Å². The van der Waals surface area contributed by atoms with Gasteiger partial charge in [-0.15, -0.1) is 5.10 Å². The highest BCUT2D eigenvalue weighted by Gasteiger charge is 1.96. The minimum atomic E-state index is 0.366. The highest BCUT2D eigenvalue weighted by atomic mass is 35.5. The number of nitrogens with zero attached hydrogens (tertiary/aromatic N) is 3. The van der Waals surface area contributed by atoms with Crippen LogP contribution in [-0.4, -0.2) is 16.4 Å². The molecule has 0 saturated heterocycles. The lowest BCUT2D eigenvalue weighted by Gasteiger charge is -1.94. The van der Waals surface area contributed by atoms with Gasteiger partial charge < -0.3 is 0 Å². The summed E-state index contributed by atoms with van der Waals surface area (Å²) < 4.78 is 0. The maximum atomic E-state index is 5.99. The summed E-state index contributed by atoms with van der Waals surface area (Å²) in [6, 6.07) is 13.2.